The smallest absolute Gasteiger partial charge is 0.351 e. The molecule has 3 rings (SSSR count). The number of ether oxygens (including phenoxy) is 1. The monoisotopic (exact) mass is 522 g/mol. The third-order valence-corrected chi connectivity index (χ3v) is 7.31. The molecule has 0 fully saturated rings. The molecule has 0 aliphatic heterocycles. The molecular weight excluding hydrogens is 488 g/mol. The third-order valence-electron chi connectivity index (χ3n) is 6.24. The number of rotatable bonds is 12. The van der Waals surface area contributed by atoms with E-state index < -0.39 is 11.4 Å². The summed E-state index contributed by atoms with van der Waals surface area (Å²) in [5.74, 6) is -1.10. The quantitative estimate of drug-likeness (QED) is 0.117. The fraction of sp³-hybridized carbons (Fsp3) is 0.367. The Kier molecular flexibility index (Phi) is 10.0. The van der Waals surface area contributed by atoms with Gasteiger partial charge in [0.1, 0.15) is 17.1 Å². The average Bonchev–Trinajstić information content (AvgIpc) is 3.27. The molecular formula is C30H34O6S. The Morgan fingerprint density at radius 2 is 1.97 bits per heavy atom. The molecule has 1 aromatic carbocycles. The molecule has 0 aliphatic rings. The number of allylic oxidation sites excluding steroid dienone is 2. The highest BCUT2D eigenvalue weighted by Gasteiger charge is 2.22. The minimum Gasteiger partial charge on any atom is -0.507 e. The summed E-state index contributed by atoms with van der Waals surface area (Å²) < 4.78 is 11.1. The van der Waals surface area contributed by atoms with Gasteiger partial charge in [-0.25, -0.2) is 4.79 Å². The maximum Gasteiger partial charge on any atom is 0.351 e. The van der Waals surface area contributed by atoms with Gasteiger partial charge in [-0.2, -0.15) is 0 Å². The molecule has 1 atom stereocenters. The van der Waals surface area contributed by atoms with E-state index in [4.69, 9.17) is 4.42 Å². The summed E-state index contributed by atoms with van der Waals surface area (Å²) in [5, 5.41) is 11.7. The van der Waals surface area contributed by atoms with E-state index in [1.165, 1.54) is 18.7 Å². The van der Waals surface area contributed by atoms with Crippen LogP contribution in [0.3, 0.4) is 0 Å². The molecule has 0 saturated heterocycles. The Balaban J connectivity index is 1.72. The summed E-state index contributed by atoms with van der Waals surface area (Å²) >= 11 is 1.58. The molecule has 1 unspecified atom stereocenters. The molecule has 0 radical (unpaired) electrons. The van der Waals surface area contributed by atoms with E-state index in [0.29, 0.717) is 24.2 Å². The van der Waals surface area contributed by atoms with Crippen LogP contribution in [0.4, 0.5) is 0 Å². The Labute approximate surface area is 221 Å². The number of unbranched alkanes of at least 4 members (excludes halogenated alkanes) is 1. The van der Waals surface area contributed by atoms with E-state index in [2.05, 4.69) is 29.9 Å². The molecule has 37 heavy (non-hydrogen) atoms. The zero-order chi connectivity index (χ0) is 26.9. The van der Waals surface area contributed by atoms with Crippen molar-refractivity contribution in [3.05, 3.63) is 80.2 Å². The lowest BCUT2D eigenvalue weighted by atomic mass is 9.99. The van der Waals surface area contributed by atoms with Crippen LogP contribution < -0.4 is 5.63 Å². The van der Waals surface area contributed by atoms with Crippen LogP contribution in [0, 0.1) is 0 Å². The fourth-order valence-corrected chi connectivity index (χ4v) is 5.06. The lowest BCUT2D eigenvalue weighted by molar-refractivity contribution is -0.139. The standard InChI is InChI=1S/C30H34O6S/c1-5-6-11-21-13-14-26-22(16-21)17-23(37-26)15-20(3)29(33)28-24(31)18-25(36-30(28)34)19(2)10-8-7-9-12-27(32)35-4/h7,9,13-19,31H,5-6,8,10-12H2,1-4H3/b9-7+,20-15?. The van der Waals surface area contributed by atoms with Gasteiger partial charge in [-0.1, -0.05) is 44.6 Å². The number of benzene rings is 1. The number of methoxy groups -OCH3 is 1. The molecule has 3 aromatic rings. The van der Waals surface area contributed by atoms with Crippen molar-refractivity contribution in [1.82, 2.24) is 0 Å². The Morgan fingerprint density at radius 3 is 2.68 bits per heavy atom. The Hall–Kier alpha value is -3.45. The number of hydrogen-bond donors (Lipinski definition) is 1. The highest BCUT2D eigenvalue weighted by Crippen LogP contribution is 2.30. The van der Waals surface area contributed by atoms with Gasteiger partial charge in [-0.05, 0) is 67.3 Å². The molecule has 196 valence electrons. The summed E-state index contributed by atoms with van der Waals surface area (Å²) in [6.45, 7) is 5.68. The number of carbonyl (C=O) groups is 2. The van der Waals surface area contributed by atoms with Gasteiger partial charge in [-0.15, -0.1) is 11.3 Å². The molecule has 6 nitrogen and oxygen atoms in total. The minimum atomic E-state index is -0.849. The summed E-state index contributed by atoms with van der Waals surface area (Å²) in [4.78, 5) is 37.8. The van der Waals surface area contributed by atoms with Gasteiger partial charge in [0.15, 0.2) is 5.78 Å². The second-order valence-electron chi connectivity index (χ2n) is 9.21. The SMILES string of the molecule is CCCCc1ccc2sc(C=C(C)C(=O)c3c(O)cc(C(C)CC/C=C/CC(=O)OC)oc3=O)cc2c1. The molecule has 2 aromatic heterocycles. The Bertz CT molecular complexity index is 1370. The van der Waals surface area contributed by atoms with Crippen molar-refractivity contribution in [2.24, 2.45) is 0 Å². The van der Waals surface area contributed by atoms with Crippen molar-refractivity contribution >= 4 is 39.3 Å². The maximum atomic E-state index is 13.1. The Morgan fingerprint density at radius 1 is 1.19 bits per heavy atom. The van der Waals surface area contributed by atoms with Crippen LogP contribution in [-0.2, 0) is 16.0 Å². The van der Waals surface area contributed by atoms with E-state index >= 15 is 0 Å². The molecule has 1 N–H and O–H groups in total. The number of carbonyl (C=O) groups excluding carboxylic acids is 2. The van der Waals surface area contributed by atoms with Crippen molar-refractivity contribution in [2.75, 3.05) is 7.11 Å². The van der Waals surface area contributed by atoms with Crippen LogP contribution in [-0.4, -0.2) is 24.0 Å². The van der Waals surface area contributed by atoms with Crippen LogP contribution in [0.1, 0.15) is 85.4 Å². The second-order valence-corrected chi connectivity index (χ2v) is 10.3. The summed E-state index contributed by atoms with van der Waals surface area (Å²) in [5.41, 5.74) is 0.435. The van der Waals surface area contributed by atoms with Crippen molar-refractivity contribution in [3.63, 3.8) is 0 Å². The molecule has 0 aliphatic carbocycles. The van der Waals surface area contributed by atoms with Gasteiger partial charge in [0, 0.05) is 21.6 Å². The van der Waals surface area contributed by atoms with Gasteiger partial charge < -0.3 is 14.3 Å². The summed E-state index contributed by atoms with van der Waals surface area (Å²) in [7, 11) is 1.34. The highest BCUT2D eigenvalue weighted by atomic mass is 32.1. The van der Waals surface area contributed by atoms with Gasteiger partial charge in [0.05, 0.1) is 13.5 Å². The van der Waals surface area contributed by atoms with Crippen molar-refractivity contribution in [2.45, 2.75) is 65.2 Å². The van der Waals surface area contributed by atoms with E-state index in [-0.39, 0.29) is 29.6 Å². The van der Waals surface area contributed by atoms with Crippen molar-refractivity contribution < 1.29 is 23.8 Å². The van der Waals surface area contributed by atoms with Crippen LogP contribution in [0.2, 0.25) is 0 Å². The minimum absolute atomic E-state index is 0.164. The third kappa shape index (κ3) is 7.52. The number of hydrogen-bond acceptors (Lipinski definition) is 7. The second kappa shape index (κ2) is 13.2. The zero-order valence-electron chi connectivity index (χ0n) is 21.8. The van der Waals surface area contributed by atoms with Gasteiger partial charge >= 0.3 is 11.6 Å². The first kappa shape index (κ1) is 28.1. The topological polar surface area (TPSA) is 93.8 Å². The van der Waals surface area contributed by atoms with Gasteiger partial charge in [0.25, 0.3) is 0 Å². The van der Waals surface area contributed by atoms with E-state index in [9.17, 15) is 19.5 Å². The fourth-order valence-electron chi connectivity index (χ4n) is 4.02. The number of thiophene rings is 1. The van der Waals surface area contributed by atoms with Crippen LogP contribution in [0.25, 0.3) is 16.2 Å². The first-order chi connectivity index (χ1) is 17.7. The highest BCUT2D eigenvalue weighted by molar-refractivity contribution is 7.19. The van der Waals surface area contributed by atoms with E-state index in [0.717, 1.165) is 34.2 Å². The summed E-state index contributed by atoms with van der Waals surface area (Å²) in [6.07, 6.45) is 10.2. The largest absolute Gasteiger partial charge is 0.507 e. The van der Waals surface area contributed by atoms with E-state index in [1.807, 2.05) is 19.1 Å². The average molecular weight is 523 g/mol. The predicted octanol–water partition coefficient (Wildman–Crippen LogP) is 7.19. The van der Waals surface area contributed by atoms with Gasteiger partial charge in [0.2, 0.25) is 0 Å². The van der Waals surface area contributed by atoms with Gasteiger partial charge in [-0.3, -0.25) is 9.59 Å². The number of esters is 1. The number of fused-ring (bicyclic) bond motifs is 1. The molecule has 0 spiro atoms. The first-order valence-electron chi connectivity index (χ1n) is 12.6. The predicted molar refractivity (Wildman–Crippen MR) is 148 cm³/mol. The first-order valence-corrected chi connectivity index (χ1v) is 13.4. The molecule has 2 heterocycles. The normalized spacial score (nSPS) is 12.8. The lowest BCUT2D eigenvalue weighted by Gasteiger charge is -2.11. The maximum absolute atomic E-state index is 13.1. The number of Topliss-reactive ketones (excluding diaryl/α,β-unsaturated/α-hetero) is 1. The number of aryl methyl sites for hydroxylation is 1. The van der Waals surface area contributed by atoms with Crippen molar-refractivity contribution in [3.8, 4) is 5.75 Å². The molecule has 0 amide bonds. The van der Waals surface area contributed by atoms with E-state index in [1.54, 1.807) is 30.4 Å². The van der Waals surface area contributed by atoms with Crippen LogP contribution >= 0.6 is 11.3 Å². The molecule has 0 bridgehead atoms. The number of ketones is 1. The lowest BCUT2D eigenvalue weighted by Crippen LogP contribution is -2.16. The summed E-state index contributed by atoms with van der Waals surface area (Å²) in [6, 6.07) is 9.82. The van der Waals surface area contributed by atoms with Crippen LogP contribution in [0.15, 0.2) is 57.3 Å². The van der Waals surface area contributed by atoms with Crippen LogP contribution in [0.5, 0.6) is 5.75 Å². The molecule has 0 saturated carbocycles. The van der Waals surface area contributed by atoms with Crippen molar-refractivity contribution in [1.29, 1.82) is 0 Å². The molecule has 7 heteroatoms. The number of aromatic hydroxyl groups is 1. The zero-order valence-corrected chi connectivity index (χ0v) is 22.7.